The van der Waals surface area contributed by atoms with Gasteiger partial charge in [0.05, 0.1) is 23.8 Å². The summed E-state index contributed by atoms with van der Waals surface area (Å²) in [7, 11) is 0. The van der Waals surface area contributed by atoms with Crippen molar-refractivity contribution < 1.29 is 14.6 Å². The number of rotatable bonds is 2. The molecule has 1 aliphatic rings. The molecule has 0 radical (unpaired) electrons. The predicted octanol–water partition coefficient (Wildman–Crippen LogP) is 2.57. The highest BCUT2D eigenvalue weighted by atomic mass is 16.5. The van der Waals surface area contributed by atoms with Crippen molar-refractivity contribution in [3.05, 3.63) is 29.3 Å². The first-order valence-corrected chi connectivity index (χ1v) is 5.22. The van der Waals surface area contributed by atoms with Gasteiger partial charge in [0.25, 0.3) is 0 Å². The third-order valence-electron chi connectivity index (χ3n) is 2.64. The van der Waals surface area contributed by atoms with E-state index in [0.29, 0.717) is 23.8 Å². The van der Waals surface area contributed by atoms with Crippen LogP contribution in [0, 0.1) is 0 Å². The van der Waals surface area contributed by atoms with E-state index in [1.54, 1.807) is 12.1 Å². The van der Waals surface area contributed by atoms with E-state index in [-0.39, 0.29) is 5.92 Å². The summed E-state index contributed by atoms with van der Waals surface area (Å²) in [6, 6.07) is 5.11. The number of carboxylic acid groups (broad SMARTS) is 1. The number of fused-ring (bicyclic) bond motifs is 1. The van der Waals surface area contributed by atoms with Gasteiger partial charge in [-0.2, -0.15) is 0 Å². The van der Waals surface area contributed by atoms with E-state index >= 15 is 0 Å². The second-order valence-electron chi connectivity index (χ2n) is 3.65. The standard InChI is InChI=1S/C12H13NO3/c1-3-16-11-7(2)10-8(12(14)15)5-4-6-9(10)13-11/h4-7H,3H2,1-2H3,(H,14,15). The summed E-state index contributed by atoms with van der Waals surface area (Å²) in [5.41, 5.74) is 1.76. The van der Waals surface area contributed by atoms with E-state index in [1.807, 2.05) is 19.9 Å². The van der Waals surface area contributed by atoms with Crippen LogP contribution in [0.2, 0.25) is 0 Å². The van der Waals surface area contributed by atoms with Crippen LogP contribution in [0.4, 0.5) is 5.69 Å². The van der Waals surface area contributed by atoms with E-state index in [2.05, 4.69) is 4.99 Å². The van der Waals surface area contributed by atoms with Crippen LogP contribution in [-0.2, 0) is 4.74 Å². The van der Waals surface area contributed by atoms with Crippen LogP contribution in [0.1, 0.15) is 35.7 Å². The van der Waals surface area contributed by atoms with Gasteiger partial charge in [-0.1, -0.05) is 6.07 Å². The van der Waals surface area contributed by atoms with Gasteiger partial charge in [-0.05, 0) is 26.0 Å². The first-order valence-electron chi connectivity index (χ1n) is 5.22. The van der Waals surface area contributed by atoms with Gasteiger partial charge in [-0.15, -0.1) is 0 Å². The predicted molar refractivity (Wildman–Crippen MR) is 60.5 cm³/mol. The van der Waals surface area contributed by atoms with Crippen LogP contribution in [0.15, 0.2) is 23.2 Å². The fraction of sp³-hybridized carbons (Fsp3) is 0.333. The van der Waals surface area contributed by atoms with Crippen LogP contribution in [0.25, 0.3) is 0 Å². The molecule has 0 saturated carbocycles. The summed E-state index contributed by atoms with van der Waals surface area (Å²) >= 11 is 0. The molecule has 1 aromatic rings. The van der Waals surface area contributed by atoms with Crippen LogP contribution in [0.3, 0.4) is 0 Å². The normalized spacial score (nSPS) is 17.9. The molecule has 0 saturated heterocycles. The minimum absolute atomic E-state index is 0.0813. The van der Waals surface area contributed by atoms with Crippen molar-refractivity contribution in [1.82, 2.24) is 0 Å². The monoisotopic (exact) mass is 219 g/mol. The van der Waals surface area contributed by atoms with E-state index in [0.717, 1.165) is 5.56 Å². The number of hydrogen-bond acceptors (Lipinski definition) is 3. The topological polar surface area (TPSA) is 58.9 Å². The van der Waals surface area contributed by atoms with Crippen LogP contribution in [0.5, 0.6) is 0 Å². The number of nitrogens with zero attached hydrogens (tertiary/aromatic N) is 1. The van der Waals surface area contributed by atoms with Crippen molar-refractivity contribution >= 4 is 17.6 Å². The number of aliphatic imine (C=N–C) groups is 1. The van der Waals surface area contributed by atoms with Gasteiger partial charge < -0.3 is 9.84 Å². The Hall–Kier alpha value is -1.84. The van der Waals surface area contributed by atoms with Crippen LogP contribution in [-0.4, -0.2) is 23.6 Å². The fourth-order valence-corrected chi connectivity index (χ4v) is 1.94. The van der Waals surface area contributed by atoms with E-state index in [9.17, 15) is 4.79 Å². The molecule has 1 N–H and O–H groups in total. The summed E-state index contributed by atoms with van der Waals surface area (Å²) in [6.45, 7) is 4.34. The Labute approximate surface area is 93.6 Å². The minimum Gasteiger partial charge on any atom is -0.481 e. The molecule has 0 aliphatic carbocycles. The first kappa shape index (κ1) is 10.7. The van der Waals surface area contributed by atoms with Gasteiger partial charge in [-0.3, -0.25) is 0 Å². The molecule has 0 fully saturated rings. The smallest absolute Gasteiger partial charge is 0.336 e. The zero-order chi connectivity index (χ0) is 11.7. The lowest BCUT2D eigenvalue weighted by Crippen LogP contribution is -2.12. The quantitative estimate of drug-likeness (QED) is 0.831. The maximum absolute atomic E-state index is 11.1. The van der Waals surface area contributed by atoms with Gasteiger partial charge in [0.1, 0.15) is 0 Å². The van der Waals surface area contributed by atoms with Crippen molar-refractivity contribution in [3.8, 4) is 0 Å². The first-order chi connectivity index (χ1) is 7.65. The molecule has 4 heteroatoms. The van der Waals surface area contributed by atoms with Crippen molar-refractivity contribution in [1.29, 1.82) is 0 Å². The van der Waals surface area contributed by atoms with Crippen molar-refractivity contribution in [2.45, 2.75) is 19.8 Å². The SMILES string of the molecule is CCOC1=Nc2cccc(C(=O)O)c2C1C. The summed E-state index contributed by atoms with van der Waals surface area (Å²) in [5.74, 6) is -0.398. The third-order valence-corrected chi connectivity index (χ3v) is 2.64. The fourth-order valence-electron chi connectivity index (χ4n) is 1.94. The Kier molecular flexibility index (Phi) is 2.64. The molecule has 4 nitrogen and oxygen atoms in total. The zero-order valence-corrected chi connectivity index (χ0v) is 9.23. The van der Waals surface area contributed by atoms with E-state index < -0.39 is 5.97 Å². The number of aromatic carboxylic acids is 1. The van der Waals surface area contributed by atoms with Gasteiger partial charge in [0.15, 0.2) is 5.90 Å². The summed E-state index contributed by atoms with van der Waals surface area (Å²) in [6.07, 6.45) is 0. The molecular weight excluding hydrogens is 206 g/mol. The molecule has 1 unspecified atom stereocenters. The average Bonchev–Trinajstić information content (AvgIpc) is 2.57. The largest absolute Gasteiger partial charge is 0.481 e. The highest BCUT2D eigenvalue weighted by molar-refractivity contribution is 5.99. The molecule has 0 amide bonds. The second-order valence-corrected chi connectivity index (χ2v) is 3.65. The molecule has 84 valence electrons. The van der Waals surface area contributed by atoms with Gasteiger partial charge >= 0.3 is 5.97 Å². The van der Waals surface area contributed by atoms with E-state index in [1.165, 1.54) is 0 Å². The number of benzene rings is 1. The second kappa shape index (κ2) is 3.96. The average molecular weight is 219 g/mol. The number of carboxylic acids is 1. The Morgan fingerprint density at radius 2 is 2.31 bits per heavy atom. The lowest BCUT2D eigenvalue weighted by molar-refractivity contribution is 0.0695. The molecule has 1 heterocycles. The Morgan fingerprint density at radius 1 is 1.56 bits per heavy atom. The van der Waals surface area contributed by atoms with Crippen LogP contribution >= 0.6 is 0 Å². The molecule has 1 aliphatic heterocycles. The van der Waals surface area contributed by atoms with Crippen LogP contribution < -0.4 is 0 Å². The molecular formula is C12H13NO3. The maximum atomic E-state index is 11.1. The number of hydrogen-bond donors (Lipinski definition) is 1. The molecule has 0 aromatic heterocycles. The summed E-state index contributed by atoms with van der Waals surface area (Å²) in [4.78, 5) is 15.4. The molecule has 1 atom stereocenters. The highest BCUT2D eigenvalue weighted by Gasteiger charge is 2.29. The number of carbonyl (C=O) groups is 1. The van der Waals surface area contributed by atoms with Crippen molar-refractivity contribution in [2.24, 2.45) is 4.99 Å². The molecule has 0 spiro atoms. The highest BCUT2D eigenvalue weighted by Crippen LogP contribution is 2.37. The number of ether oxygens (including phenoxy) is 1. The van der Waals surface area contributed by atoms with Gasteiger partial charge in [0, 0.05) is 5.56 Å². The summed E-state index contributed by atoms with van der Waals surface area (Å²) < 4.78 is 5.39. The minimum atomic E-state index is -0.920. The third kappa shape index (κ3) is 1.56. The van der Waals surface area contributed by atoms with E-state index in [4.69, 9.17) is 9.84 Å². The maximum Gasteiger partial charge on any atom is 0.336 e. The summed E-state index contributed by atoms with van der Waals surface area (Å²) in [5, 5.41) is 9.09. The molecule has 16 heavy (non-hydrogen) atoms. The van der Waals surface area contributed by atoms with Gasteiger partial charge in [-0.25, -0.2) is 9.79 Å². The Morgan fingerprint density at radius 3 is 2.94 bits per heavy atom. The lowest BCUT2D eigenvalue weighted by atomic mass is 9.96. The Balaban J connectivity index is 2.46. The molecule has 0 bridgehead atoms. The van der Waals surface area contributed by atoms with Gasteiger partial charge in [0.2, 0.25) is 0 Å². The van der Waals surface area contributed by atoms with Crippen molar-refractivity contribution in [3.63, 3.8) is 0 Å². The Bertz CT molecular complexity index is 465. The molecule has 2 rings (SSSR count). The lowest BCUT2D eigenvalue weighted by Gasteiger charge is -2.10. The molecule has 1 aromatic carbocycles. The zero-order valence-electron chi connectivity index (χ0n) is 9.23. The van der Waals surface area contributed by atoms with Crippen molar-refractivity contribution in [2.75, 3.05) is 6.61 Å².